The summed E-state index contributed by atoms with van der Waals surface area (Å²) in [6, 6.07) is 4.64. The maximum Gasteiger partial charge on any atom is 0.242 e. The van der Waals surface area contributed by atoms with Gasteiger partial charge in [0.15, 0.2) is 5.82 Å². The molecular weight excluding hydrogens is 280 g/mol. The van der Waals surface area contributed by atoms with Crippen molar-refractivity contribution >= 4 is 21.4 Å². The number of nitrogens with zero attached hydrogens (tertiary/aromatic N) is 3. The third-order valence-corrected chi connectivity index (χ3v) is 4.10. The van der Waals surface area contributed by atoms with Gasteiger partial charge >= 0.3 is 0 Å². The summed E-state index contributed by atoms with van der Waals surface area (Å²) in [6.45, 7) is 0.316. The zero-order chi connectivity index (χ0) is 14.8. The molecule has 0 saturated carbocycles. The Morgan fingerprint density at radius 3 is 2.75 bits per heavy atom. The molecule has 2 rings (SSSR count). The number of benzene rings is 1. The Hall–Kier alpha value is -2.13. The zero-order valence-corrected chi connectivity index (χ0v) is 12.0. The SMILES string of the molecule is CNS(=O)(=O)c1cc(N)ccc1NCc1ncn(C)n1. The number of nitrogens with two attached hydrogens (primary N) is 1. The summed E-state index contributed by atoms with van der Waals surface area (Å²) < 4.78 is 27.7. The summed E-state index contributed by atoms with van der Waals surface area (Å²) in [6.07, 6.45) is 1.57. The van der Waals surface area contributed by atoms with Crippen LogP contribution >= 0.6 is 0 Å². The number of rotatable bonds is 5. The average molecular weight is 296 g/mol. The number of nitrogen functional groups attached to an aromatic ring is 1. The van der Waals surface area contributed by atoms with E-state index in [1.165, 1.54) is 13.1 Å². The highest BCUT2D eigenvalue weighted by atomic mass is 32.2. The van der Waals surface area contributed by atoms with Gasteiger partial charge in [-0.25, -0.2) is 18.1 Å². The van der Waals surface area contributed by atoms with Crippen LogP contribution < -0.4 is 15.8 Å². The Morgan fingerprint density at radius 2 is 2.15 bits per heavy atom. The van der Waals surface area contributed by atoms with Crippen LogP contribution in [0, 0.1) is 0 Å². The number of nitrogens with one attached hydrogen (secondary N) is 2. The topological polar surface area (TPSA) is 115 Å². The van der Waals surface area contributed by atoms with Gasteiger partial charge in [-0.2, -0.15) is 5.10 Å². The van der Waals surface area contributed by atoms with Gasteiger partial charge in [0.05, 0.1) is 12.2 Å². The summed E-state index contributed by atoms with van der Waals surface area (Å²) in [7, 11) is -0.479. The molecule has 2 aromatic rings. The maximum atomic E-state index is 11.9. The molecule has 20 heavy (non-hydrogen) atoms. The van der Waals surface area contributed by atoms with Crippen LogP contribution in [-0.2, 0) is 23.6 Å². The summed E-state index contributed by atoms with van der Waals surface area (Å²) in [4.78, 5) is 4.15. The zero-order valence-electron chi connectivity index (χ0n) is 11.2. The van der Waals surface area contributed by atoms with Crippen LogP contribution in [0.1, 0.15) is 5.82 Å². The summed E-state index contributed by atoms with van der Waals surface area (Å²) in [5.74, 6) is 0.567. The Bertz CT molecular complexity index is 709. The lowest BCUT2D eigenvalue weighted by Crippen LogP contribution is -2.20. The summed E-state index contributed by atoms with van der Waals surface area (Å²) >= 11 is 0. The van der Waals surface area contributed by atoms with E-state index < -0.39 is 10.0 Å². The Labute approximate surface area is 117 Å². The molecule has 8 nitrogen and oxygen atoms in total. The molecular formula is C11H16N6O2S. The molecule has 9 heteroatoms. The Kier molecular flexibility index (Phi) is 3.91. The van der Waals surface area contributed by atoms with E-state index in [2.05, 4.69) is 20.1 Å². The van der Waals surface area contributed by atoms with Crippen LogP contribution in [0.4, 0.5) is 11.4 Å². The number of sulfonamides is 1. The molecule has 4 N–H and O–H groups in total. The first kappa shape index (κ1) is 14.3. The fourth-order valence-corrected chi connectivity index (χ4v) is 2.60. The van der Waals surface area contributed by atoms with Crippen LogP contribution in [0.5, 0.6) is 0 Å². The van der Waals surface area contributed by atoms with Gasteiger partial charge in [0.2, 0.25) is 10.0 Å². The fraction of sp³-hybridized carbons (Fsp3) is 0.273. The fourth-order valence-electron chi connectivity index (χ4n) is 1.66. The van der Waals surface area contributed by atoms with Crippen molar-refractivity contribution in [2.45, 2.75) is 11.4 Å². The molecule has 0 aliphatic rings. The lowest BCUT2D eigenvalue weighted by Gasteiger charge is -2.11. The minimum atomic E-state index is -3.59. The minimum absolute atomic E-state index is 0.0935. The first-order chi connectivity index (χ1) is 9.42. The smallest absolute Gasteiger partial charge is 0.242 e. The Morgan fingerprint density at radius 1 is 1.40 bits per heavy atom. The van der Waals surface area contributed by atoms with E-state index in [-0.39, 0.29) is 4.90 Å². The molecule has 0 radical (unpaired) electrons. The minimum Gasteiger partial charge on any atom is -0.399 e. The highest BCUT2D eigenvalue weighted by molar-refractivity contribution is 7.89. The molecule has 1 aromatic heterocycles. The lowest BCUT2D eigenvalue weighted by atomic mass is 10.3. The van der Waals surface area contributed by atoms with Gasteiger partial charge in [0, 0.05) is 12.7 Å². The van der Waals surface area contributed by atoms with Crippen molar-refractivity contribution < 1.29 is 8.42 Å². The third-order valence-electron chi connectivity index (χ3n) is 2.65. The lowest BCUT2D eigenvalue weighted by molar-refractivity contribution is 0.588. The molecule has 0 unspecified atom stereocenters. The number of aromatic nitrogens is 3. The molecule has 0 saturated heterocycles. The molecule has 1 aromatic carbocycles. The van der Waals surface area contributed by atoms with Crippen molar-refractivity contribution in [2.24, 2.45) is 7.05 Å². The van der Waals surface area contributed by atoms with E-state index >= 15 is 0 Å². The average Bonchev–Trinajstić information content (AvgIpc) is 2.83. The first-order valence-electron chi connectivity index (χ1n) is 5.84. The number of anilines is 2. The molecule has 0 bridgehead atoms. The standard InChI is InChI=1S/C11H16N6O2S/c1-13-20(18,19)10-5-8(12)3-4-9(10)14-6-11-15-7-17(2)16-11/h3-5,7,13-14H,6,12H2,1-2H3. The molecule has 0 fully saturated rings. The van der Waals surface area contributed by atoms with Crippen LogP contribution in [-0.4, -0.2) is 30.2 Å². The van der Waals surface area contributed by atoms with Gasteiger partial charge in [-0.05, 0) is 25.2 Å². The van der Waals surface area contributed by atoms with Crippen molar-refractivity contribution in [1.82, 2.24) is 19.5 Å². The van der Waals surface area contributed by atoms with Gasteiger partial charge in [-0.1, -0.05) is 0 Å². The van der Waals surface area contributed by atoms with Gasteiger partial charge in [-0.3, -0.25) is 4.68 Å². The van der Waals surface area contributed by atoms with Crippen molar-refractivity contribution in [3.8, 4) is 0 Å². The third kappa shape index (κ3) is 3.06. The van der Waals surface area contributed by atoms with Gasteiger partial charge < -0.3 is 11.1 Å². The molecule has 0 aliphatic heterocycles. The van der Waals surface area contributed by atoms with E-state index in [1.54, 1.807) is 30.2 Å². The van der Waals surface area contributed by atoms with Crippen LogP contribution in [0.25, 0.3) is 0 Å². The summed E-state index contributed by atoms with van der Waals surface area (Å²) in [5, 5.41) is 7.11. The van der Waals surface area contributed by atoms with Gasteiger partial charge in [0.1, 0.15) is 11.2 Å². The van der Waals surface area contributed by atoms with E-state index in [9.17, 15) is 8.42 Å². The molecule has 0 atom stereocenters. The molecule has 0 aliphatic carbocycles. The van der Waals surface area contributed by atoms with Crippen LogP contribution in [0.3, 0.4) is 0 Å². The molecule has 1 heterocycles. The second-order valence-corrected chi connectivity index (χ2v) is 6.01. The van der Waals surface area contributed by atoms with E-state index in [4.69, 9.17) is 5.73 Å². The normalized spacial score (nSPS) is 11.5. The van der Waals surface area contributed by atoms with Crippen molar-refractivity contribution in [3.63, 3.8) is 0 Å². The van der Waals surface area contributed by atoms with E-state index in [1.807, 2.05) is 0 Å². The summed E-state index contributed by atoms with van der Waals surface area (Å²) in [5.41, 5.74) is 6.46. The van der Waals surface area contributed by atoms with Crippen LogP contribution in [0.2, 0.25) is 0 Å². The highest BCUT2D eigenvalue weighted by Gasteiger charge is 2.17. The number of hydrogen-bond acceptors (Lipinski definition) is 6. The molecule has 0 spiro atoms. The van der Waals surface area contributed by atoms with E-state index in [0.717, 1.165) is 0 Å². The van der Waals surface area contributed by atoms with Gasteiger partial charge in [-0.15, -0.1) is 0 Å². The molecule has 0 amide bonds. The second kappa shape index (κ2) is 5.47. The van der Waals surface area contributed by atoms with Gasteiger partial charge in [0.25, 0.3) is 0 Å². The van der Waals surface area contributed by atoms with Crippen LogP contribution in [0.15, 0.2) is 29.4 Å². The van der Waals surface area contributed by atoms with Crippen molar-refractivity contribution in [2.75, 3.05) is 18.1 Å². The quantitative estimate of drug-likeness (QED) is 0.665. The largest absolute Gasteiger partial charge is 0.399 e. The van der Waals surface area contributed by atoms with Crippen molar-refractivity contribution in [3.05, 3.63) is 30.4 Å². The number of hydrogen-bond donors (Lipinski definition) is 3. The van der Waals surface area contributed by atoms with E-state index in [0.29, 0.717) is 23.7 Å². The Balaban J connectivity index is 2.27. The maximum absolute atomic E-state index is 11.9. The van der Waals surface area contributed by atoms with Crippen molar-refractivity contribution in [1.29, 1.82) is 0 Å². The highest BCUT2D eigenvalue weighted by Crippen LogP contribution is 2.23. The first-order valence-corrected chi connectivity index (χ1v) is 7.32. The predicted octanol–water partition coefficient (Wildman–Crippen LogP) is -0.0825. The molecule has 108 valence electrons. The monoisotopic (exact) mass is 296 g/mol. The number of aryl methyl sites for hydroxylation is 1. The second-order valence-electron chi connectivity index (χ2n) is 4.15. The predicted molar refractivity (Wildman–Crippen MR) is 75.4 cm³/mol.